The Hall–Kier alpha value is -1.78. The van der Waals surface area contributed by atoms with Gasteiger partial charge in [-0.25, -0.2) is 0 Å². The highest BCUT2D eigenvalue weighted by Gasteiger charge is 2.08. The standard InChI is InChI=1S/C17H16BrNO2/c18-14-5-7-16(8-6-14)21-12-15(20)11-19-10-9-13-3-1-2-4-17(13)19/h1-10,15,20H,11-12H2. The highest BCUT2D eigenvalue weighted by atomic mass is 79.9. The van der Waals surface area contributed by atoms with Crippen molar-refractivity contribution in [1.29, 1.82) is 0 Å². The second kappa shape index (κ2) is 6.33. The van der Waals surface area contributed by atoms with Gasteiger partial charge in [0.05, 0.1) is 6.54 Å². The second-order valence-electron chi connectivity index (χ2n) is 4.95. The molecule has 0 saturated heterocycles. The number of aliphatic hydroxyl groups excluding tert-OH is 1. The van der Waals surface area contributed by atoms with Gasteiger partial charge < -0.3 is 14.4 Å². The quantitative estimate of drug-likeness (QED) is 0.762. The van der Waals surface area contributed by atoms with Crippen LogP contribution in [0.4, 0.5) is 0 Å². The first-order valence-corrected chi connectivity index (χ1v) is 7.62. The van der Waals surface area contributed by atoms with Gasteiger partial charge in [0.2, 0.25) is 0 Å². The fourth-order valence-corrected chi connectivity index (χ4v) is 2.57. The van der Waals surface area contributed by atoms with Crippen molar-refractivity contribution in [3.05, 3.63) is 65.3 Å². The number of aliphatic hydroxyl groups is 1. The van der Waals surface area contributed by atoms with E-state index >= 15 is 0 Å². The average Bonchev–Trinajstić information content (AvgIpc) is 2.90. The van der Waals surface area contributed by atoms with Gasteiger partial charge >= 0.3 is 0 Å². The van der Waals surface area contributed by atoms with Crippen LogP contribution in [0.3, 0.4) is 0 Å². The van der Waals surface area contributed by atoms with Gasteiger partial charge in [-0.1, -0.05) is 34.1 Å². The van der Waals surface area contributed by atoms with Gasteiger partial charge in [-0.3, -0.25) is 0 Å². The van der Waals surface area contributed by atoms with E-state index < -0.39 is 6.10 Å². The van der Waals surface area contributed by atoms with E-state index in [1.807, 2.05) is 47.2 Å². The molecule has 0 fully saturated rings. The summed E-state index contributed by atoms with van der Waals surface area (Å²) in [6.07, 6.45) is 1.44. The fourth-order valence-electron chi connectivity index (χ4n) is 2.30. The Bertz CT molecular complexity index is 721. The summed E-state index contributed by atoms with van der Waals surface area (Å²) in [6.45, 7) is 0.790. The minimum Gasteiger partial charge on any atom is -0.491 e. The van der Waals surface area contributed by atoms with Gasteiger partial charge in [0.25, 0.3) is 0 Å². The molecule has 3 aromatic rings. The SMILES string of the molecule is OC(COc1ccc(Br)cc1)Cn1ccc2ccccc21. The maximum atomic E-state index is 10.1. The van der Waals surface area contributed by atoms with Crippen molar-refractivity contribution in [3.63, 3.8) is 0 Å². The lowest BCUT2D eigenvalue weighted by atomic mass is 10.2. The lowest BCUT2D eigenvalue weighted by molar-refractivity contribution is 0.0935. The van der Waals surface area contributed by atoms with Crippen molar-refractivity contribution >= 4 is 26.8 Å². The molecule has 0 spiro atoms. The van der Waals surface area contributed by atoms with Crippen molar-refractivity contribution in [2.24, 2.45) is 0 Å². The minimum atomic E-state index is -0.551. The van der Waals surface area contributed by atoms with Crippen molar-refractivity contribution in [2.45, 2.75) is 12.6 Å². The number of ether oxygens (including phenoxy) is 1. The van der Waals surface area contributed by atoms with E-state index in [0.29, 0.717) is 6.54 Å². The van der Waals surface area contributed by atoms with Gasteiger partial charge in [0, 0.05) is 16.2 Å². The Kier molecular flexibility index (Phi) is 4.27. The van der Waals surface area contributed by atoms with Crippen LogP contribution in [0, 0.1) is 0 Å². The van der Waals surface area contributed by atoms with Gasteiger partial charge in [-0.15, -0.1) is 0 Å². The molecule has 2 aromatic carbocycles. The Morgan fingerprint density at radius 1 is 1.05 bits per heavy atom. The van der Waals surface area contributed by atoms with E-state index in [1.165, 1.54) is 5.39 Å². The van der Waals surface area contributed by atoms with Gasteiger partial charge in [-0.2, -0.15) is 0 Å². The lowest BCUT2D eigenvalue weighted by Gasteiger charge is -2.14. The predicted molar refractivity (Wildman–Crippen MR) is 87.6 cm³/mol. The van der Waals surface area contributed by atoms with Crippen molar-refractivity contribution in [1.82, 2.24) is 4.57 Å². The summed E-state index contributed by atoms with van der Waals surface area (Å²) >= 11 is 3.38. The largest absolute Gasteiger partial charge is 0.491 e. The second-order valence-corrected chi connectivity index (χ2v) is 5.86. The first kappa shape index (κ1) is 14.2. The molecular weight excluding hydrogens is 330 g/mol. The minimum absolute atomic E-state index is 0.272. The molecule has 0 saturated carbocycles. The normalized spacial score (nSPS) is 12.5. The molecule has 4 heteroatoms. The molecule has 1 N–H and O–H groups in total. The molecule has 0 aliphatic carbocycles. The predicted octanol–water partition coefficient (Wildman–Crippen LogP) is 3.84. The van der Waals surface area contributed by atoms with Crippen LogP contribution in [-0.4, -0.2) is 22.4 Å². The molecule has 1 heterocycles. The van der Waals surface area contributed by atoms with Crippen LogP contribution in [0.1, 0.15) is 0 Å². The zero-order valence-electron chi connectivity index (χ0n) is 11.4. The van der Waals surface area contributed by atoms with Crippen molar-refractivity contribution in [2.75, 3.05) is 6.61 Å². The topological polar surface area (TPSA) is 34.4 Å². The molecule has 1 unspecified atom stereocenters. The third-order valence-corrected chi connectivity index (χ3v) is 3.87. The number of hydrogen-bond donors (Lipinski definition) is 1. The summed E-state index contributed by atoms with van der Waals surface area (Å²) in [6, 6.07) is 17.8. The summed E-state index contributed by atoms with van der Waals surface area (Å²) in [5.74, 6) is 0.759. The summed E-state index contributed by atoms with van der Waals surface area (Å²) in [7, 11) is 0. The van der Waals surface area contributed by atoms with Crippen LogP contribution in [0.15, 0.2) is 65.3 Å². The van der Waals surface area contributed by atoms with E-state index in [-0.39, 0.29) is 6.61 Å². The number of fused-ring (bicyclic) bond motifs is 1. The molecule has 1 aromatic heterocycles. The maximum absolute atomic E-state index is 10.1. The van der Waals surface area contributed by atoms with Crippen LogP contribution in [0.2, 0.25) is 0 Å². The molecule has 1 atom stereocenters. The smallest absolute Gasteiger partial charge is 0.119 e. The van der Waals surface area contributed by atoms with E-state index in [0.717, 1.165) is 15.7 Å². The zero-order valence-corrected chi connectivity index (χ0v) is 13.0. The maximum Gasteiger partial charge on any atom is 0.119 e. The Morgan fingerprint density at radius 2 is 1.81 bits per heavy atom. The van der Waals surface area contributed by atoms with Crippen LogP contribution in [-0.2, 0) is 6.54 Å². The zero-order chi connectivity index (χ0) is 14.7. The van der Waals surface area contributed by atoms with Gasteiger partial charge in [-0.05, 0) is 41.8 Å². The fraction of sp³-hybridized carbons (Fsp3) is 0.176. The van der Waals surface area contributed by atoms with E-state index in [4.69, 9.17) is 4.74 Å². The van der Waals surface area contributed by atoms with E-state index in [1.54, 1.807) is 0 Å². The summed E-state index contributed by atoms with van der Waals surface area (Å²) in [5, 5.41) is 11.3. The number of benzene rings is 2. The van der Waals surface area contributed by atoms with Crippen LogP contribution >= 0.6 is 15.9 Å². The van der Waals surface area contributed by atoms with Crippen LogP contribution < -0.4 is 4.74 Å². The molecule has 21 heavy (non-hydrogen) atoms. The Morgan fingerprint density at radius 3 is 2.62 bits per heavy atom. The third kappa shape index (κ3) is 3.46. The molecular formula is C17H16BrNO2. The summed E-state index contributed by atoms with van der Waals surface area (Å²) in [4.78, 5) is 0. The average molecular weight is 346 g/mol. The molecule has 0 amide bonds. The first-order valence-electron chi connectivity index (χ1n) is 6.83. The monoisotopic (exact) mass is 345 g/mol. The number of hydrogen-bond acceptors (Lipinski definition) is 2. The summed E-state index contributed by atoms with van der Waals surface area (Å²) in [5.41, 5.74) is 1.13. The number of aromatic nitrogens is 1. The number of rotatable bonds is 5. The van der Waals surface area contributed by atoms with Gasteiger partial charge in [0.1, 0.15) is 18.5 Å². The molecule has 3 nitrogen and oxygen atoms in total. The summed E-state index contributed by atoms with van der Waals surface area (Å²) < 4.78 is 8.65. The highest BCUT2D eigenvalue weighted by Crippen LogP contribution is 2.17. The number of para-hydroxylation sites is 1. The van der Waals surface area contributed by atoms with Crippen LogP contribution in [0.5, 0.6) is 5.75 Å². The van der Waals surface area contributed by atoms with Crippen LogP contribution in [0.25, 0.3) is 10.9 Å². The molecule has 108 valence electrons. The highest BCUT2D eigenvalue weighted by molar-refractivity contribution is 9.10. The molecule has 0 aliphatic rings. The lowest BCUT2D eigenvalue weighted by Crippen LogP contribution is -2.23. The van der Waals surface area contributed by atoms with Gasteiger partial charge in [0.15, 0.2) is 0 Å². The molecule has 0 radical (unpaired) electrons. The Balaban J connectivity index is 1.61. The molecule has 0 aliphatic heterocycles. The Labute approximate surface area is 131 Å². The third-order valence-electron chi connectivity index (χ3n) is 3.34. The number of nitrogens with zero attached hydrogens (tertiary/aromatic N) is 1. The molecule has 3 rings (SSSR count). The molecule has 0 bridgehead atoms. The van der Waals surface area contributed by atoms with E-state index in [9.17, 15) is 5.11 Å². The van der Waals surface area contributed by atoms with E-state index in [2.05, 4.69) is 34.1 Å². The first-order chi connectivity index (χ1) is 10.2. The number of halogens is 1. The van der Waals surface area contributed by atoms with Crippen molar-refractivity contribution < 1.29 is 9.84 Å². The van der Waals surface area contributed by atoms with Crippen molar-refractivity contribution in [3.8, 4) is 5.75 Å².